The molecule has 0 spiro atoms. The summed E-state index contributed by atoms with van der Waals surface area (Å²) in [5.74, 6) is 0.564. The molecule has 0 amide bonds. The summed E-state index contributed by atoms with van der Waals surface area (Å²) < 4.78 is 13.8. The van der Waals surface area contributed by atoms with Crippen LogP contribution in [0.2, 0.25) is 0 Å². The van der Waals surface area contributed by atoms with E-state index in [0.29, 0.717) is 42.3 Å². The minimum Gasteiger partial charge on any atom is -0.461 e. The third kappa shape index (κ3) is 2.93. The Hall–Kier alpha value is -3.20. The van der Waals surface area contributed by atoms with Gasteiger partial charge in [-0.25, -0.2) is 4.79 Å². The van der Waals surface area contributed by atoms with E-state index in [2.05, 4.69) is 15.3 Å². The highest BCUT2D eigenvalue weighted by Crippen LogP contribution is 2.35. The average Bonchev–Trinajstić information content (AvgIpc) is 3.11. The minimum absolute atomic E-state index is 0.186. The van der Waals surface area contributed by atoms with Crippen LogP contribution in [0, 0.1) is 0 Å². The number of aromatic nitrogens is 4. The molecule has 0 saturated heterocycles. The Bertz CT molecular complexity index is 1100. The van der Waals surface area contributed by atoms with Crippen molar-refractivity contribution in [3.05, 3.63) is 45.9 Å². The van der Waals surface area contributed by atoms with Crippen molar-refractivity contribution in [1.82, 2.24) is 19.1 Å². The number of aldehydes is 1. The molecule has 0 radical (unpaired) electrons. The van der Waals surface area contributed by atoms with E-state index in [1.54, 1.807) is 28.4 Å². The molecule has 146 valence electrons. The topological polar surface area (TPSA) is 100 Å². The lowest BCUT2D eigenvalue weighted by Crippen LogP contribution is -2.39. The predicted molar refractivity (Wildman–Crippen MR) is 103 cm³/mol. The van der Waals surface area contributed by atoms with Gasteiger partial charge in [0.1, 0.15) is 24.1 Å². The number of ether oxygens (including phenoxy) is 2. The Morgan fingerprint density at radius 1 is 1.18 bits per heavy atom. The molecule has 3 aromatic rings. The van der Waals surface area contributed by atoms with Gasteiger partial charge in [0.05, 0.1) is 13.2 Å². The number of nitrogens with zero attached hydrogens (tertiary/aromatic N) is 4. The van der Waals surface area contributed by atoms with Gasteiger partial charge >= 0.3 is 11.7 Å². The Morgan fingerprint density at radius 3 is 2.61 bits per heavy atom. The lowest BCUT2D eigenvalue weighted by molar-refractivity contribution is 0.112. The normalized spacial score (nSPS) is 14.2. The van der Waals surface area contributed by atoms with Gasteiger partial charge in [0.25, 0.3) is 0 Å². The lowest BCUT2D eigenvalue weighted by atomic mass is 10.1. The molecule has 0 unspecified atom stereocenters. The zero-order valence-electron chi connectivity index (χ0n) is 15.9. The molecule has 0 saturated carbocycles. The van der Waals surface area contributed by atoms with Crippen LogP contribution < -0.4 is 15.7 Å². The summed E-state index contributed by atoms with van der Waals surface area (Å²) in [5, 5.41) is 3.25. The number of benzene rings is 1. The highest BCUT2D eigenvalue weighted by atomic mass is 16.5. The molecule has 0 aliphatic carbocycles. The van der Waals surface area contributed by atoms with Crippen molar-refractivity contribution in [2.75, 3.05) is 25.6 Å². The maximum atomic E-state index is 13.2. The highest BCUT2D eigenvalue weighted by Gasteiger charge is 2.36. The Labute approximate surface area is 160 Å². The fourth-order valence-corrected chi connectivity index (χ4v) is 3.38. The molecular formula is C19H21N5O4. The second kappa shape index (κ2) is 6.75. The highest BCUT2D eigenvalue weighted by molar-refractivity contribution is 5.87. The molecule has 0 atom stereocenters. The fourth-order valence-electron chi connectivity index (χ4n) is 3.38. The second-order valence-corrected chi connectivity index (χ2v) is 7.12. The SMILES string of the molecule is COCCOc1nc2c3c(n1)n(Cc1ccc(C=O)cc1)c(=O)n3C(C)(C)N2. The molecule has 0 fully saturated rings. The minimum atomic E-state index is -0.635. The number of rotatable bonds is 7. The van der Waals surface area contributed by atoms with Gasteiger partial charge in [0.15, 0.2) is 11.5 Å². The molecule has 28 heavy (non-hydrogen) atoms. The van der Waals surface area contributed by atoms with Crippen LogP contribution in [-0.4, -0.2) is 45.7 Å². The summed E-state index contributed by atoms with van der Waals surface area (Å²) >= 11 is 0. The molecule has 1 aliphatic rings. The van der Waals surface area contributed by atoms with E-state index in [1.165, 1.54) is 0 Å². The molecule has 9 nitrogen and oxygen atoms in total. The quantitative estimate of drug-likeness (QED) is 0.488. The van der Waals surface area contributed by atoms with Crippen LogP contribution in [0.1, 0.15) is 29.8 Å². The number of hydrogen-bond acceptors (Lipinski definition) is 7. The smallest absolute Gasteiger partial charge is 0.332 e. The van der Waals surface area contributed by atoms with Gasteiger partial charge in [0, 0.05) is 12.7 Å². The van der Waals surface area contributed by atoms with Gasteiger partial charge in [-0.3, -0.25) is 13.9 Å². The van der Waals surface area contributed by atoms with Gasteiger partial charge in [0.2, 0.25) is 0 Å². The molecule has 3 heterocycles. The maximum Gasteiger partial charge on any atom is 0.332 e. The van der Waals surface area contributed by atoms with E-state index >= 15 is 0 Å². The van der Waals surface area contributed by atoms with Gasteiger partial charge in [-0.2, -0.15) is 9.97 Å². The largest absolute Gasteiger partial charge is 0.461 e. The fraction of sp³-hybridized carbons (Fsp3) is 0.368. The van der Waals surface area contributed by atoms with Crippen LogP contribution in [0.5, 0.6) is 6.01 Å². The van der Waals surface area contributed by atoms with Gasteiger partial charge in [-0.05, 0) is 19.4 Å². The number of imidazole rings is 1. The van der Waals surface area contributed by atoms with E-state index < -0.39 is 5.66 Å². The molecule has 1 aromatic carbocycles. The number of anilines is 1. The summed E-state index contributed by atoms with van der Waals surface area (Å²) in [5.41, 5.74) is 1.81. The number of hydrogen-bond donors (Lipinski definition) is 1. The second-order valence-electron chi connectivity index (χ2n) is 7.12. The Morgan fingerprint density at radius 2 is 1.93 bits per heavy atom. The van der Waals surface area contributed by atoms with Crippen molar-refractivity contribution in [1.29, 1.82) is 0 Å². The van der Waals surface area contributed by atoms with E-state index in [1.807, 2.05) is 26.0 Å². The average molecular weight is 383 g/mol. The first kappa shape index (κ1) is 18.2. The van der Waals surface area contributed by atoms with Crippen LogP contribution in [0.25, 0.3) is 11.2 Å². The number of methoxy groups -OCH3 is 1. The van der Waals surface area contributed by atoms with Crippen LogP contribution in [-0.2, 0) is 16.9 Å². The monoisotopic (exact) mass is 383 g/mol. The van der Waals surface area contributed by atoms with E-state index in [0.717, 1.165) is 11.8 Å². The molecule has 2 aromatic heterocycles. The maximum absolute atomic E-state index is 13.2. The third-order valence-electron chi connectivity index (χ3n) is 4.70. The first-order chi connectivity index (χ1) is 13.4. The van der Waals surface area contributed by atoms with Crippen molar-refractivity contribution in [3.8, 4) is 6.01 Å². The summed E-state index contributed by atoms with van der Waals surface area (Å²) in [7, 11) is 1.59. The van der Waals surface area contributed by atoms with Gasteiger partial charge in [-0.15, -0.1) is 0 Å². The first-order valence-corrected chi connectivity index (χ1v) is 8.92. The summed E-state index contributed by atoms with van der Waals surface area (Å²) in [6, 6.07) is 7.29. The van der Waals surface area contributed by atoms with E-state index in [-0.39, 0.29) is 11.7 Å². The Balaban J connectivity index is 1.82. The molecular weight excluding hydrogens is 362 g/mol. The van der Waals surface area contributed by atoms with Crippen LogP contribution in [0.3, 0.4) is 0 Å². The zero-order valence-corrected chi connectivity index (χ0v) is 15.9. The number of carbonyl (C=O) groups excluding carboxylic acids is 1. The summed E-state index contributed by atoms with van der Waals surface area (Å²) in [6.07, 6.45) is 0.789. The van der Waals surface area contributed by atoms with Crippen molar-refractivity contribution in [2.45, 2.75) is 26.1 Å². The van der Waals surface area contributed by atoms with Gasteiger partial charge in [-0.1, -0.05) is 24.3 Å². The van der Waals surface area contributed by atoms with Crippen LogP contribution in [0.15, 0.2) is 29.1 Å². The standard InChI is InChI=1S/C19H21N5O4/c1-19(2)22-15-14-16(21-17(20-15)28-9-8-27-3)23(18(26)24(14)19)10-12-4-6-13(11-25)7-5-12/h4-7,11H,8-10H2,1-3H3,(H,20,21,22). The number of nitrogens with one attached hydrogen (secondary N) is 1. The molecule has 1 N–H and O–H groups in total. The zero-order chi connectivity index (χ0) is 19.9. The molecule has 0 bridgehead atoms. The van der Waals surface area contributed by atoms with Crippen molar-refractivity contribution < 1.29 is 14.3 Å². The molecule has 1 aliphatic heterocycles. The van der Waals surface area contributed by atoms with E-state index in [4.69, 9.17) is 9.47 Å². The lowest BCUT2D eigenvalue weighted by Gasteiger charge is -2.21. The first-order valence-electron chi connectivity index (χ1n) is 8.92. The molecule has 9 heteroatoms. The van der Waals surface area contributed by atoms with Crippen molar-refractivity contribution in [2.24, 2.45) is 0 Å². The third-order valence-corrected chi connectivity index (χ3v) is 4.70. The van der Waals surface area contributed by atoms with Crippen LogP contribution >= 0.6 is 0 Å². The summed E-state index contributed by atoms with van der Waals surface area (Å²) in [4.78, 5) is 32.9. The van der Waals surface area contributed by atoms with Gasteiger partial charge < -0.3 is 14.8 Å². The van der Waals surface area contributed by atoms with Crippen LogP contribution in [0.4, 0.5) is 5.82 Å². The van der Waals surface area contributed by atoms with Crippen molar-refractivity contribution in [3.63, 3.8) is 0 Å². The van der Waals surface area contributed by atoms with E-state index in [9.17, 15) is 9.59 Å². The van der Waals surface area contributed by atoms with Crippen molar-refractivity contribution >= 4 is 23.3 Å². The Kier molecular flexibility index (Phi) is 4.38. The summed E-state index contributed by atoms with van der Waals surface area (Å²) in [6.45, 7) is 4.86. The predicted octanol–water partition coefficient (Wildman–Crippen LogP) is 1.60. The number of carbonyl (C=O) groups is 1. The molecule has 4 rings (SSSR count).